The van der Waals surface area contributed by atoms with E-state index in [2.05, 4.69) is 4.99 Å². The van der Waals surface area contributed by atoms with Gasteiger partial charge >= 0.3 is 12.0 Å². The number of aliphatic imine (C=N–C) groups is 1. The minimum absolute atomic E-state index is 0.00728. The van der Waals surface area contributed by atoms with Crippen molar-refractivity contribution in [2.45, 2.75) is 19.5 Å². The van der Waals surface area contributed by atoms with Crippen LogP contribution < -0.4 is 0 Å². The Morgan fingerprint density at radius 1 is 1.18 bits per heavy atom. The lowest BCUT2D eigenvalue weighted by molar-refractivity contribution is -0.385. The van der Waals surface area contributed by atoms with Gasteiger partial charge in [-0.3, -0.25) is 24.7 Å². The predicted molar refractivity (Wildman–Crippen MR) is 148 cm³/mol. The van der Waals surface area contributed by atoms with E-state index in [1.54, 1.807) is 17.9 Å². The van der Waals surface area contributed by atoms with Crippen molar-refractivity contribution in [2.24, 2.45) is 10.9 Å². The average Bonchev–Trinajstić information content (AvgIpc) is 2.93. The maximum Gasteiger partial charge on any atom is 0.327 e. The Kier molecular flexibility index (Phi) is 9.33. The van der Waals surface area contributed by atoms with Gasteiger partial charge in [0.05, 0.1) is 24.2 Å². The van der Waals surface area contributed by atoms with E-state index < -0.39 is 28.9 Å². The summed E-state index contributed by atoms with van der Waals surface area (Å²) in [4.78, 5) is 47.5. The molecule has 12 heteroatoms. The van der Waals surface area contributed by atoms with Gasteiger partial charge < -0.3 is 14.4 Å². The number of nitro groups is 1. The molecule has 2 unspecified atom stereocenters. The van der Waals surface area contributed by atoms with Crippen LogP contribution in [0.4, 0.5) is 10.5 Å². The molecule has 2 aromatic carbocycles. The van der Waals surface area contributed by atoms with Gasteiger partial charge in [0.1, 0.15) is 12.5 Å². The molecule has 2 aromatic rings. The van der Waals surface area contributed by atoms with Crippen molar-refractivity contribution in [3.8, 4) is 0 Å². The van der Waals surface area contributed by atoms with E-state index in [1.807, 2.05) is 42.3 Å². The van der Waals surface area contributed by atoms with Gasteiger partial charge in [-0.05, 0) is 37.3 Å². The van der Waals surface area contributed by atoms with Gasteiger partial charge in [0.15, 0.2) is 0 Å². The molecule has 0 radical (unpaired) electrons. The van der Waals surface area contributed by atoms with Crippen LogP contribution in [0.5, 0.6) is 0 Å². The third-order valence-corrected chi connectivity index (χ3v) is 6.99. The van der Waals surface area contributed by atoms with Crippen LogP contribution in [0.1, 0.15) is 24.1 Å². The summed E-state index contributed by atoms with van der Waals surface area (Å²) < 4.78 is 11.1. The van der Waals surface area contributed by atoms with Gasteiger partial charge in [-0.15, -0.1) is 0 Å². The van der Waals surface area contributed by atoms with Gasteiger partial charge in [-0.2, -0.15) is 0 Å². The van der Waals surface area contributed by atoms with Crippen LogP contribution in [-0.2, 0) is 20.8 Å². The molecule has 1 fully saturated rings. The predicted octanol–water partition coefficient (Wildman–Crippen LogP) is 3.44. The zero-order valence-electron chi connectivity index (χ0n) is 21.9. The van der Waals surface area contributed by atoms with Gasteiger partial charge in [-0.25, -0.2) is 9.79 Å². The first-order valence-electron chi connectivity index (χ1n) is 12.6. The molecule has 0 aliphatic carbocycles. The Labute approximate surface area is 232 Å². The molecule has 206 valence electrons. The fourth-order valence-electron chi connectivity index (χ4n) is 4.71. The first-order chi connectivity index (χ1) is 18.8. The molecule has 2 aliphatic heterocycles. The molecule has 39 heavy (non-hydrogen) atoms. The maximum atomic E-state index is 13.7. The van der Waals surface area contributed by atoms with E-state index in [1.165, 1.54) is 23.1 Å². The minimum atomic E-state index is -0.997. The van der Waals surface area contributed by atoms with E-state index in [0.29, 0.717) is 50.7 Å². The fraction of sp³-hybridized carbons (Fsp3) is 0.407. The number of esters is 1. The van der Waals surface area contributed by atoms with E-state index in [4.69, 9.17) is 21.7 Å². The van der Waals surface area contributed by atoms with Crippen molar-refractivity contribution in [1.82, 2.24) is 14.7 Å². The number of hydrogen-bond acceptors (Lipinski definition) is 8. The highest BCUT2D eigenvalue weighted by atomic mass is 32.1. The first kappa shape index (κ1) is 28.3. The summed E-state index contributed by atoms with van der Waals surface area (Å²) in [6.45, 7) is 4.40. The number of thiocarbonyl (C=S) groups is 1. The standard InChI is InChI=1S/C27H31N5O6S/c1-19-23(25(33)38-16-11-29(2)18-20-7-4-3-5-8-20)24(21-9-6-10-22(17-21)32(35)36)31(26(39)28-19)27(34)30-12-14-37-15-13-30/h3-10,17,23-24H,11-16,18H2,1-2H3. The number of non-ortho nitro benzene ring substituents is 1. The number of ether oxygens (including phenoxy) is 2. The number of carbonyl (C=O) groups is 2. The van der Waals surface area contributed by atoms with Gasteiger partial charge in [-0.1, -0.05) is 42.5 Å². The molecular weight excluding hydrogens is 522 g/mol. The lowest BCUT2D eigenvalue weighted by Crippen LogP contribution is -2.55. The Balaban J connectivity index is 1.58. The van der Waals surface area contributed by atoms with E-state index in [9.17, 15) is 19.7 Å². The van der Waals surface area contributed by atoms with E-state index >= 15 is 0 Å². The number of morpholine rings is 1. The highest BCUT2D eigenvalue weighted by Crippen LogP contribution is 2.37. The second-order valence-corrected chi connectivity index (χ2v) is 9.82. The summed E-state index contributed by atoms with van der Waals surface area (Å²) in [6, 6.07) is 14.4. The number of nitro benzene ring substituents is 1. The van der Waals surface area contributed by atoms with Crippen LogP contribution in [0.25, 0.3) is 0 Å². The Hall–Kier alpha value is -3.74. The van der Waals surface area contributed by atoms with Crippen LogP contribution in [0.2, 0.25) is 0 Å². The van der Waals surface area contributed by atoms with Crippen molar-refractivity contribution >= 4 is 40.7 Å². The topological polar surface area (TPSA) is 118 Å². The van der Waals surface area contributed by atoms with Crippen LogP contribution in [0.15, 0.2) is 59.6 Å². The number of nitrogens with zero attached hydrogens (tertiary/aromatic N) is 5. The van der Waals surface area contributed by atoms with Crippen molar-refractivity contribution in [3.05, 3.63) is 75.8 Å². The normalized spacial score (nSPS) is 19.6. The number of hydrogen-bond donors (Lipinski definition) is 0. The maximum absolute atomic E-state index is 13.7. The quantitative estimate of drug-likeness (QED) is 0.211. The molecular formula is C27H31N5O6S. The fourth-order valence-corrected chi connectivity index (χ4v) is 5.04. The molecule has 2 heterocycles. The van der Waals surface area contributed by atoms with Gasteiger partial charge in [0.25, 0.3) is 5.69 Å². The monoisotopic (exact) mass is 553 g/mol. The number of benzene rings is 2. The first-order valence-corrected chi connectivity index (χ1v) is 13.1. The Morgan fingerprint density at radius 2 is 1.90 bits per heavy atom. The molecule has 0 bridgehead atoms. The third-order valence-electron chi connectivity index (χ3n) is 6.70. The number of carbonyl (C=O) groups excluding carboxylic acids is 2. The second-order valence-electron chi connectivity index (χ2n) is 9.45. The van der Waals surface area contributed by atoms with Crippen LogP contribution >= 0.6 is 12.2 Å². The molecule has 2 aliphatic rings. The molecule has 0 saturated carbocycles. The smallest absolute Gasteiger partial charge is 0.327 e. The van der Waals surface area contributed by atoms with Gasteiger partial charge in [0, 0.05) is 44.0 Å². The molecule has 1 saturated heterocycles. The van der Waals surface area contributed by atoms with Crippen molar-refractivity contribution in [1.29, 1.82) is 0 Å². The van der Waals surface area contributed by atoms with E-state index in [0.717, 1.165) is 5.56 Å². The van der Waals surface area contributed by atoms with Crippen molar-refractivity contribution in [3.63, 3.8) is 0 Å². The molecule has 11 nitrogen and oxygen atoms in total. The van der Waals surface area contributed by atoms with Crippen molar-refractivity contribution in [2.75, 3.05) is 46.5 Å². The number of urea groups is 1. The van der Waals surface area contributed by atoms with Gasteiger partial charge in [0.2, 0.25) is 5.11 Å². The van der Waals surface area contributed by atoms with Crippen LogP contribution in [-0.4, -0.2) is 89.0 Å². The number of rotatable bonds is 8. The largest absolute Gasteiger partial charge is 0.464 e. The minimum Gasteiger partial charge on any atom is -0.464 e. The lowest BCUT2D eigenvalue weighted by atomic mass is 9.87. The molecule has 2 amide bonds. The molecule has 0 N–H and O–H groups in total. The number of likely N-dealkylation sites (N-methyl/N-ethyl adjacent to an activating group) is 1. The zero-order chi connectivity index (χ0) is 27.9. The molecule has 0 spiro atoms. The molecule has 0 aromatic heterocycles. The highest BCUT2D eigenvalue weighted by molar-refractivity contribution is 7.80. The SMILES string of the molecule is CC1=NC(=S)N(C(=O)N2CCOCC2)C(c2cccc([N+](=O)[O-])c2)C1C(=O)OCCN(C)Cc1ccccc1. The summed E-state index contributed by atoms with van der Waals surface area (Å²) >= 11 is 5.50. The third kappa shape index (κ3) is 6.83. The number of amides is 2. The summed E-state index contributed by atoms with van der Waals surface area (Å²) in [5, 5.41) is 11.5. The van der Waals surface area contributed by atoms with Crippen LogP contribution in [0.3, 0.4) is 0 Å². The molecule has 4 rings (SSSR count). The summed E-state index contributed by atoms with van der Waals surface area (Å²) in [6.07, 6.45) is 0. The Morgan fingerprint density at radius 3 is 2.59 bits per heavy atom. The van der Waals surface area contributed by atoms with E-state index in [-0.39, 0.29) is 17.4 Å². The average molecular weight is 554 g/mol. The lowest BCUT2D eigenvalue weighted by Gasteiger charge is -2.41. The van der Waals surface area contributed by atoms with Crippen molar-refractivity contribution < 1.29 is 24.0 Å². The summed E-state index contributed by atoms with van der Waals surface area (Å²) in [7, 11) is 1.93. The van der Waals surface area contributed by atoms with Crippen LogP contribution in [0, 0.1) is 16.0 Å². The molecule has 2 atom stereocenters. The summed E-state index contributed by atoms with van der Waals surface area (Å²) in [5.41, 5.74) is 1.75. The Bertz CT molecular complexity index is 1250. The highest BCUT2D eigenvalue weighted by Gasteiger charge is 2.46. The zero-order valence-corrected chi connectivity index (χ0v) is 22.7. The second kappa shape index (κ2) is 12.9. The summed E-state index contributed by atoms with van der Waals surface area (Å²) in [5.74, 6) is -1.58.